The van der Waals surface area contributed by atoms with Crippen molar-refractivity contribution in [3.05, 3.63) is 23.9 Å². The minimum absolute atomic E-state index is 0.277. The van der Waals surface area contributed by atoms with Crippen LogP contribution in [0.1, 0.15) is 19.5 Å². The van der Waals surface area contributed by atoms with Gasteiger partial charge in [0.05, 0.1) is 5.69 Å². The van der Waals surface area contributed by atoms with E-state index >= 15 is 0 Å². The Morgan fingerprint density at radius 2 is 2.15 bits per heavy atom. The molecule has 1 unspecified atom stereocenters. The molecular formula is C8H12N2O2S. The molecule has 1 rings (SSSR count). The molecule has 0 radical (unpaired) electrons. The number of nitrogens with zero attached hydrogens (tertiary/aromatic N) is 1. The summed E-state index contributed by atoms with van der Waals surface area (Å²) < 4.78 is 10.9. The molecule has 3 N–H and O–H groups in total. The summed E-state index contributed by atoms with van der Waals surface area (Å²) in [5.74, 6) is 0. The van der Waals surface area contributed by atoms with Crippen LogP contribution in [0, 0.1) is 0 Å². The SMILES string of the molecule is CC(C)(O)c1cccc(S(N)=O)n1. The lowest BCUT2D eigenvalue weighted by Gasteiger charge is -2.16. The molecule has 0 aromatic carbocycles. The van der Waals surface area contributed by atoms with E-state index in [9.17, 15) is 9.32 Å². The largest absolute Gasteiger partial charge is 0.384 e. The van der Waals surface area contributed by atoms with Gasteiger partial charge in [-0.3, -0.25) is 0 Å². The van der Waals surface area contributed by atoms with E-state index < -0.39 is 16.6 Å². The van der Waals surface area contributed by atoms with Crippen molar-refractivity contribution in [1.29, 1.82) is 0 Å². The number of aliphatic hydroxyl groups is 1. The smallest absolute Gasteiger partial charge is 0.142 e. The molecular weight excluding hydrogens is 188 g/mol. The molecule has 5 heteroatoms. The molecule has 1 aromatic heterocycles. The summed E-state index contributed by atoms with van der Waals surface area (Å²) in [6.07, 6.45) is 0. The van der Waals surface area contributed by atoms with Gasteiger partial charge in [-0.25, -0.2) is 14.3 Å². The number of nitrogens with two attached hydrogens (primary N) is 1. The molecule has 72 valence electrons. The zero-order valence-corrected chi connectivity index (χ0v) is 8.34. The van der Waals surface area contributed by atoms with Crippen LogP contribution in [-0.4, -0.2) is 14.3 Å². The molecule has 1 aromatic rings. The Morgan fingerprint density at radius 3 is 2.62 bits per heavy atom. The average molecular weight is 200 g/mol. The summed E-state index contributed by atoms with van der Waals surface area (Å²) in [6, 6.07) is 4.89. The first-order valence-electron chi connectivity index (χ1n) is 3.77. The van der Waals surface area contributed by atoms with Crippen LogP contribution >= 0.6 is 0 Å². The van der Waals surface area contributed by atoms with Crippen molar-refractivity contribution < 1.29 is 9.32 Å². The lowest BCUT2D eigenvalue weighted by molar-refractivity contribution is 0.0732. The fourth-order valence-electron chi connectivity index (χ4n) is 0.868. The summed E-state index contributed by atoms with van der Waals surface area (Å²) in [4.78, 5) is 3.97. The van der Waals surface area contributed by atoms with Gasteiger partial charge in [0, 0.05) is 0 Å². The minimum Gasteiger partial charge on any atom is -0.384 e. The maximum Gasteiger partial charge on any atom is 0.142 e. The standard InChI is InChI=1S/C8H12N2O2S/c1-8(2,11)6-4-3-5-7(10-6)13(9)12/h3-5,11H,9H2,1-2H3. The Bertz CT molecular complexity index is 333. The first-order chi connectivity index (χ1) is 5.91. The Hall–Kier alpha value is -0.780. The number of pyridine rings is 1. The topological polar surface area (TPSA) is 76.2 Å². The second kappa shape index (κ2) is 3.53. The van der Waals surface area contributed by atoms with Gasteiger partial charge >= 0.3 is 0 Å². The first kappa shape index (κ1) is 10.3. The van der Waals surface area contributed by atoms with Gasteiger partial charge in [-0.15, -0.1) is 0 Å². The van der Waals surface area contributed by atoms with Crippen LogP contribution in [0.2, 0.25) is 0 Å². The third-order valence-corrected chi connectivity index (χ3v) is 2.20. The maximum absolute atomic E-state index is 10.9. The van der Waals surface area contributed by atoms with E-state index in [0.29, 0.717) is 5.69 Å². The summed E-state index contributed by atoms with van der Waals surface area (Å²) in [6.45, 7) is 3.22. The highest BCUT2D eigenvalue weighted by molar-refractivity contribution is 7.82. The highest BCUT2D eigenvalue weighted by Gasteiger charge is 2.18. The number of aromatic nitrogens is 1. The average Bonchev–Trinajstić information content (AvgIpc) is 2.03. The first-order valence-corrected chi connectivity index (χ1v) is 4.98. The molecule has 0 aliphatic heterocycles. The van der Waals surface area contributed by atoms with E-state index in [1.54, 1.807) is 32.0 Å². The van der Waals surface area contributed by atoms with Gasteiger partial charge in [-0.1, -0.05) is 6.07 Å². The summed E-state index contributed by atoms with van der Waals surface area (Å²) in [5.41, 5.74) is -0.571. The Balaban J connectivity index is 3.13. The molecule has 1 atom stereocenters. The van der Waals surface area contributed by atoms with Crippen LogP contribution in [0.15, 0.2) is 23.2 Å². The van der Waals surface area contributed by atoms with E-state index in [1.165, 1.54) is 0 Å². The number of hydrogen-bond donors (Lipinski definition) is 2. The van der Waals surface area contributed by atoms with Gasteiger partial charge in [0.2, 0.25) is 0 Å². The van der Waals surface area contributed by atoms with Crippen LogP contribution in [-0.2, 0) is 16.6 Å². The number of rotatable bonds is 2. The van der Waals surface area contributed by atoms with E-state index in [1.807, 2.05) is 0 Å². The maximum atomic E-state index is 10.9. The quantitative estimate of drug-likeness (QED) is 0.720. The Labute approximate surface area is 79.4 Å². The van der Waals surface area contributed by atoms with Crippen LogP contribution in [0.3, 0.4) is 0 Å². The summed E-state index contributed by atoms with van der Waals surface area (Å²) in [7, 11) is -1.60. The van der Waals surface area contributed by atoms with Crippen molar-refractivity contribution in [3.63, 3.8) is 0 Å². The van der Waals surface area contributed by atoms with Crippen LogP contribution in [0.4, 0.5) is 0 Å². The van der Waals surface area contributed by atoms with Crippen molar-refractivity contribution in [1.82, 2.24) is 4.98 Å². The predicted molar refractivity (Wildman–Crippen MR) is 50.1 cm³/mol. The van der Waals surface area contributed by atoms with Crippen LogP contribution in [0.25, 0.3) is 0 Å². The predicted octanol–water partition coefficient (Wildman–Crippen LogP) is 0.290. The molecule has 0 aliphatic rings. The van der Waals surface area contributed by atoms with Crippen molar-refractivity contribution in [2.24, 2.45) is 5.14 Å². The van der Waals surface area contributed by atoms with Crippen molar-refractivity contribution >= 4 is 11.0 Å². The van der Waals surface area contributed by atoms with E-state index in [0.717, 1.165) is 0 Å². The van der Waals surface area contributed by atoms with Crippen LogP contribution < -0.4 is 5.14 Å². The van der Waals surface area contributed by atoms with Crippen molar-refractivity contribution in [2.75, 3.05) is 0 Å². The number of hydrogen-bond acceptors (Lipinski definition) is 3. The van der Waals surface area contributed by atoms with Gasteiger partial charge in [0.25, 0.3) is 0 Å². The zero-order valence-electron chi connectivity index (χ0n) is 7.52. The monoisotopic (exact) mass is 200 g/mol. The highest BCUT2D eigenvalue weighted by atomic mass is 32.2. The van der Waals surface area contributed by atoms with E-state index in [2.05, 4.69) is 4.98 Å². The van der Waals surface area contributed by atoms with Gasteiger partial charge in [-0.05, 0) is 26.0 Å². The molecule has 0 spiro atoms. The molecule has 0 bridgehead atoms. The lowest BCUT2D eigenvalue weighted by atomic mass is 10.1. The molecule has 0 saturated heterocycles. The summed E-state index contributed by atoms with van der Waals surface area (Å²) in [5, 5.41) is 15.0. The molecule has 13 heavy (non-hydrogen) atoms. The fraction of sp³-hybridized carbons (Fsp3) is 0.375. The van der Waals surface area contributed by atoms with Gasteiger partial charge in [-0.2, -0.15) is 0 Å². The van der Waals surface area contributed by atoms with Crippen molar-refractivity contribution in [3.8, 4) is 0 Å². The van der Waals surface area contributed by atoms with Crippen molar-refractivity contribution in [2.45, 2.75) is 24.5 Å². The fourth-order valence-corrected chi connectivity index (χ4v) is 1.27. The molecule has 0 aliphatic carbocycles. The molecule has 4 nitrogen and oxygen atoms in total. The second-order valence-electron chi connectivity index (χ2n) is 3.22. The normalized spacial score (nSPS) is 14.2. The highest BCUT2D eigenvalue weighted by Crippen LogP contribution is 2.17. The third-order valence-electron chi connectivity index (χ3n) is 1.56. The van der Waals surface area contributed by atoms with E-state index in [4.69, 9.17) is 5.14 Å². The third kappa shape index (κ3) is 2.58. The van der Waals surface area contributed by atoms with Crippen LogP contribution in [0.5, 0.6) is 0 Å². The van der Waals surface area contributed by atoms with Gasteiger partial charge < -0.3 is 5.11 Å². The molecule has 0 amide bonds. The zero-order chi connectivity index (χ0) is 10.1. The Morgan fingerprint density at radius 1 is 1.54 bits per heavy atom. The minimum atomic E-state index is -1.60. The van der Waals surface area contributed by atoms with Gasteiger partial charge in [0.1, 0.15) is 21.6 Å². The lowest BCUT2D eigenvalue weighted by Crippen LogP contribution is -2.19. The van der Waals surface area contributed by atoms with Gasteiger partial charge in [0.15, 0.2) is 0 Å². The molecule has 0 fully saturated rings. The second-order valence-corrected chi connectivity index (χ2v) is 4.23. The molecule has 1 heterocycles. The van der Waals surface area contributed by atoms with E-state index in [-0.39, 0.29) is 5.03 Å². The summed E-state index contributed by atoms with van der Waals surface area (Å²) >= 11 is 0. The Kier molecular flexibility index (Phi) is 2.80. The molecule has 0 saturated carbocycles.